The summed E-state index contributed by atoms with van der Waals surface area (Å²) in [5, 5.41) is 0. The van der Waals surface area contributed by atoms with Crippen molar-refractivity contribution in [3.63, 3.8) is 0 Å². The maximum atomic E-state index is 11.8. The molecule has 1 fully saturated rings. The standard InChI is InChI=1S/C13H15N3O3/c1-8(15-16-13(14)18)11-7-10(12(17)19-11)9-5-3-2-4-6-9/h2-6,10-11,15H,1,7H2,(H3,14,16,18)/t10-,11-/m0/s1. The van der Waals surface area contributed by atoms with Crippen LogP contribution in [0.2, 0.25) is 0 Å². The van der Waals surface area contributed by atoms with Gasteiger partial charge in [0.2, 0.25) is 0 Å². The molecule has 0 aromatic heterocycles. The number of ether oxygens (including phenoxy) is 1. The second-order valence-electron chi connectivity index (χ2n) is 4.26. The lowest BCUT2D eigenvalue weighted by Crippen LogP contribution is -2.42. The molecule has 1 aliphatic rings. The van der Waals surface area contributed by atoms with E-state index in [1.807, 2.05) is 30.3 Å². The van der Waals surface area contributed by atoms with E-state index in [0.717, 1.165) is 5.56 Å². The summed E-state index contributed by atoms with van der Waals surface area (Å²) in [5.41, 5.74) is 10.9. The molecular weight excluding hydrogens is 246 g/mol. The minimum absolute atomic E-state index is 0.293. The number of esters is 1. The van der Waals surface area contributed by atoms with Crippen molar-refractivity contribution in [2.45, 2.75) is 18.4 Å². The van der Waals surface area contributed by atoms with Crippen molar-refractivity contribution in [3.8, 4) is 0 Å². The number of nitrogens with two attached hydrogens (primary N) is 1. The van der Waals surface area contributed by atoms with Gasteiger partial charge in [0.1, 0.15) is 6.10 Å². The topological polar surface area (TPSA) is 93.5 Å². The number of urea groups is 1. The fourth-order valence-corrected chi connectivity index (χ4v) is 1.97. The molecule has 2 amide bonds. The molecular formula is C13H15N3O3. The van der Waals surface area contributed by atoms with Crippen LogP contribution in [-0.2, 0) is 9.53 Å². The first-order chi connectivity index (χ1) is 9.08. The number of primary amides is 1. The zero-order valence-electron chi connectivity index (χ0n) is 10.3. The number of amides is 2. The number of carbonyl (C=O) groups excluding carboxylic acids is 2. The van der Waals surface area contributed by atoms with Gasteiger partial charge in [0, 0.05) is 6.42 Å². The second-order valence-corrected chi connectivity index (χ2v) is 4.26. The van der Waals surface area contributed by atoms with Crippen LogP contribution in [0.1, 0.15) is 17.9 Å². The average molecular weight is 261 g/mol. The minimum Gasteiger partial charge on any atom is -0.455 e. The third kappa shape index (κ3) is 3.04. The van der Waals surface area contributed by atoms with Crippen LogP contribution in [0.5, 0.6) is 0 Å². The van der Waals surface area contributed by atoms with E-state index in [4.69, 9.17) is 10.5 Å². The molecule has 1 aromatic rings. The molecule has 6 heteroatoms. The monoisotopic (exact) mass is 261 g/mol. The van der Waals surface area contributed by atoms with E-state index in [0.29, 0.717) is 12.1 Å². The van der Waals surface area contributed by atoms with Crippen molar-refractivity contribution in [2.24, 2.45) is 5.73 Å². The van der Waals surface area contributed by atoms with Gasteiger partial charge in [-0.05, 0) is 5.56 Å². The molecule has 1 aliphatic heterocycles. The Morgan fingerprint density at radius 1 is 1.32 bits per heavy atom. The van der Waals surface area contributed by atoms with Crippen molar-refractivity contribution in [1.82, 2.24) is 10.9 Å². The summed E-state index contributed by atoms with van der Waals surface area (Å²) in [6.45, 7) is 3.71. The molecule has 0 aliphatic carbocycles. The molecule has 2 rings (SSSR count). The number of hydrogen-bond acceptors (Lipinski definition) is 4. The van der Waals surface area contributed by atoms with Gasteiger partial charge in [-0.25, -0.2) is 4.79 Å². The maximum absolute atomic E-state index is 11.8. The molecule has 1 aromatic carbocycles. The lowest BCUT2D eigenvalue weighted by Gasteiger charge is -2.14. The molecule has 1 heterocycles. The summed E-state index contributed by atoms with van der Waals surface area (Å²) >= 11 is 0. The number of hydrazine groups is 1. The number of cyclic esters (lactones) is 1. The first-order valence-electron chi connectivity index (χ1n) is 5.83. The smallest absolute Gasteiger partial charge is 0.330 e. The zero-order valence-corrected chi connectivity index (χ0v) is 10.3. The van der Waals surface area contributed by atoms with E-state index < -0.39 is 12.1 Å². The summed E-state index contributed by atoms with van der Waals surface area (Å²) in [5.74, 6) is -0.600. The van der Waals surface area contributed by atoms with Crippen molar-refractivity contribution in [3.05, 3.63) is 48.2 Å². The normalized spacial score (nSPS) is 21.6. The van der Waals surface area contributed by atoms with Gasteiger partial charge in [-0.2, -0.15) is 0 Å². The lowest BCUT2D eigenvalue weighted by atomic mass is 9.95. The van der Waals surface area contributed by atoms with Crippen molar-refractivity contribution in [1.29, 1.82) is 0 Å². The van der Waals surface area contributed by atoms with Crippen LogP contribution < -0.4 is 16.6 Å². The van der Waals surface area contributed by atoms with E-state index in [1.165, 1.54) is 0 Å². The molecule has 4 N–H and O–H groups in total. The SMILES string of the molecule is C=C(NNC(N)=O)[C@@H]1C[C@@H](c2ccccc2)C(=O)O1. The number of benzene rings is 1. The molecule has 0 unspecified atom stereocenters. The number of carbonyl (C=O) groups is 2. The minimum atomic E-state index is -0.731. The van der Waals surface area contributed by atoms with Crippen LogP contribution in [0.25, 0.3) is 0 Å². The third-order valence-electron chi connectivity index (χ3n) is 2.93. The van der Waals surface area contributed by atoms with Crippen molar-refractivity contribution >= 4 is 12.0 Å². The quantitative estimate of drug-likeness (QED) is 0.551. The molecule has 0 bridgehead atoms. The molecule has 6 nitrogen and oxygen atoms in total. The van der Waals surface area contributed by atoms with Gasteiger partial charge < -0.3 is 10.5 Å². The van der Waals surface area contributed by atoms with Gasteiger partial charge in [0.15, 0.2) is 0 Å². The Labute approximate surface area is 110 Å². The summed E-state index contributed by atoms with van der Waals surface area (Å²) in [6.07, 6.45) is -0.000621. The maximum Gasteiger partial charge on any atom is 0.330 e. The second kappa shape index (κ2) is 5.43. The summed E-state index contributed by atoms with van der Waals surface area (Å²) in [4.78, 5) is 22.4. The van der Waals surface area contributed by atoms with Gasteiger partial charge in [-0.15, -0.1) is 0 Å². The van der Waals surface area contributed by atoms with E-state index in [9.17, 15) is 9.59 Å². The highest BCUT2D eigenvalue weighted by Gasteiger charge is 2.36. The fraction of sp³-hybridized carbons (Fsp3) is 0.231. The highest BCUT2D eigenvalue weighted by molar-refractivity contribution is 5.80. The van der Waals surface area contributed by atoms with Gasteiger partial charge in [0.05, 0.1) is 11.6 Å². The molecule has 19 heavy (non-hydrogen) atoms. The molecule has 2 atom stereocenters. The fourth-order valence-electron chi connectivity index (χ4n) is 1.97. The van der Waals surface area contributed by atoms with Crippen LogP contribution >= 0.6 is 0 Å². The van der Waals surface area contributed by atoms with E-state index >= 15 is 0 Å². The Balaban J connectivity index is 1.99. The van der Waals surface area contributed by atoms with E-state index in [-0.39, 0.29) is 11.9 Å². The van der Waals surface area contributed by atoms with Gasteiger partial charge in [-0.1, -0.05) is 36.9 Å². The predicted octanol–water partition coefficient (Wildman–Crippen LogP) is 0.772. The van der Waals surface area contributed by atoms with Gasteiger partial charge >= 0.3 is 12.0 Å². The van der Waals surface area contributed by atoms with Crippen molar-refractivity contribution < 1.29 is 14.3 Å². The first kappa shape index (κ1) is 12.9. The van der Waals surface area contributed by atoms with Crippen LogP contribution in [0, 0.1) is 0 Å². The zero-order chi connectivity index (χ0) is 13.8. The highest BCUT2D eigenvalue weighted by atomic mass is 16.6. The largest absolute Gasteiger partial charge is 0.455 e. The predicted molar refractivity (Wildman–Crippen MR) is 68.7 cm³/mol. The molecule has 1 saturated heterocycles. The van der Waals surface area contributed by atoms with E-state index in [1.54, 1.807) is 0 Å². The average Bonchev–Trinajstić information content (AvgIpc) is 2.79. The van der Waals surface area contributed by atoms with Crippen molar-refractivity contribution in [2.75, 3.05) is 0 Å². The summed E-state index contributed by atoms with van der Waals surface area (Å²) < 4.78 is 5.23. The molecule has 0 radical (unpaired) electrons. The van der Waals surface area contributed by atoms with E-state index in [2.05, 4.69) is 17.4 Å². The molecule has 100 valence electrons. The molecule has 0 saturated carbocycles. The number of rotatable bonds is 4. The Morgan fingerprint density at radius 3 is 2.63 bits per heavy atom. The Hall–Kier alpha value is -2.50. The third-order valence-corrected chi connectivity index (χ3v) is 2.93. The summed E-state index contributed by atoms with van der Waals surface area (Å²) in [7, 11) is 0. The Bertz CT molecular complexity index is 501. The van der Waals surface area contributed by atoms with Crippen LogP contribution in [-0.4, -0.2) is 18.1 Å². The van der Waals surface area contributed by atoms with Crippen LogP contribution in [0.3, 0.4) is 0 Å². The number of nitrogens with one attached hydrogen (secondary N) is 2. The summed E-state index contributed by atoms with van der Waals surface area (Å²) in [6, 6.07) is 8.66. The highest BCUT2D eigenvalue weighted by Crippen LogP contribution is 2.32. The molecule has 0 spiro atoms. The number of hydrogen-bond donors (Lipinski definition) is 3. The Kier molecular flexibility index (Phi) is 3.70. The van der Waals surface area contributed by atoms with Crippen LogP contribution in [0.15, 0.2) is 42.6 Å². The van der Waals surface area contributed by atoms with Gasteiger partial charge in [-0.3, -0.25) is 15.6 Å². The van der Waals surface area contributed by atoms with Gasteiger partial charge in [0.25, 0.3) is 0 Å². The first-order valence-corrected chi connectivity index (χ1v) is 5.83. The lowest BCUT2D eigenvalue weighted by molar-refractivity contribution is -0.141. The van der Waals surface area contributed by atoms with Crippen LogP contribution in [0.4, 0.5) is 4.79 Å². The Morgan fingerprint density at radius 2 is 2.00 bits per heavy atom.